The Kier molecular flexibility index (Phi) is 2.91. The number of hydrogen-bond donors (Lipinski definition) is 1. The van der Waals surface area contributed by atoms with E-state index in [1.54, 1.807) is 6.20 Å². The first-order valence-electron chi connectivity index (χ1n) is 4.96. The molecule has 1 aromatic rings. The number of hydrogen-bond acceptors (Lipinski definition) is 4. The van der Waals surface area contributed by atoms with Gasteiger partial charge in [-0.25, -0.2) is 4.98 Å². The Balaban J connectivity index is 1.98. The quantitative estimate of drug-likeness (QED) is 0.780. The van der Waals surface area contributed by atoms with Crippen molar-refractivity contribution in [3.05, 3.63) is 18.6 Å². The van der Waals surface area contributed by atoms with Gasteiger partial charge >= 0.3 is 0 Å². The van der Waals surface area contributed by atoms with Crippen LogP contribution in [0.25, 0.3) is 0 Å². The SMILES string of the molecule is C[C@H]1CCO[C@H]1C(=O)Nc1cnccn1. The van der Waals surface area contributed by atoms with E-state index in [0.29, 0.717) is 12.4 Å². The molecule has 1 amide bonds. The number of nitrogens with zero attached hydrogens (tertiary/aromatic N) is 2. The molecule has 0 bridgehead atoms. The molecule has 0 spiro atoms. The van der Waals surface area contributed by atoms with Gasteiger partial charge in [0.2, 0.25) is 0 Å². The van der Waals surface area contributed by atoms with Crippen LogP contribution in [-0.4, -0.2) is 28.6 Å². The van der Waals surface area contributed by atoms with Gasteiger partial charge in [0.25, 0.3) is 5.91 Å². The summed E-state index contributed by atoms with van der Waals surface area (Å²) in [6, 6.07) is 0. The van der Waals surface area contributed by atoms with Crippen molar-refractivity contribution in [3.8, 4) is 0 Å². The van der Waals surface area contributed by atoms with E-state index in [9.17, 15) is 4.79 Å². The molecule has 1 fully saturated rings. The van der Waals surface area contributed by atoms with Gasteiger partial charge < -0.3 is 10.1 Å². The summed E-state index contributed by atoms with van der Waals surface area (Å²) >= 11 is 0. The van der Waals surface area contributed by atoms with Crippen molar-refractivity contribution in [1.29, 1.82) is 0 Å². The summed E-state index contributed by atoms with van der Waals surface area (Å²) in [7, 11) is 0. The lowest BCUT2D eigenvalue weighted by atomic mass is 10.0. The van der Waals surface area contributed by atoms with Crippen molar-refractivity contribution >= 4 is 11.7 Å². The van der Waals surface area contributed by atoms with Crippen molar-refractivity contribution in [2.24, 2.45) is 5.92 Å². The summed E-state index contributed by atoms with van der Waals surface area (Å²) in [6.07, 6.45) is 5.18. The Labute approximate surface area is 87.9 Å². The van der Waals surface area contributed by atoms with Gasteiger partial charge in [-0.05, 0) is 12.3 Å². The van der Waals surface area contributed by atoms with Crippen molar-refractivity contribution < 1.29 is 9.53 Å². The highest BCUT2D eigenvalue weighted by Gasteiger charge is 2.30. The standard InChI is InChI=1S/C10H13N3O2/c1-7-2-5-15-9(7)10(14)13-8-6-11-3-4-12-8/h3-4,6-7,9H,2,5H2,1H3,(H,12,13,14)/t7-,9+/m0/s1. The molecule has 2 atom stereocenters. The molecule has 0 aliphatic carbocycles. The van der Waals surface area contributed by atoms with Gasteiger partial charge in [0.1, 0.15) is 6.10 Å². The minimum absolute atomic E-state index is 0.138. The van der Waals surface area contributed by atoms with Crippen LogP contribution in [0.5, 0.6) is 0 Å². The zero-order valence-electron chi connectivity index (χ0n) is 8.51. The summed E-state index contributed by atoms with van der Waals surface area (Å²) in [5.41, 5.74) is 0. The predicted molar refractivity (Wildman–Crippen MR) is 54.2 cm³/mol. The van der Waals surface area contributed by atoms with E-state index in [1.165, 1.54) is 12.4 Å². The Morgan fingerprint density at radius 2 is 2.47 bits per heavy atom. The predicted octanol–water partition coefficient (Wildman–Crippen LogP) is 0.840. The number of amides is 1. The molecule has 1 aromatic heterocycles. The van der Waals surface area contributed by atoms with Gasteiger partial charge in [-0.1, -0.05) is 6.92 Å². The van der Waals surface area contributed by atoms with Gasteiger partial charge in [0, 0.05) is 19.0 Å². The molecular weight excluding hydrogens is 194 g/mol. The number of anilines is 1. The topological polar surface area (TPSA) is 64.1 Å². The molecule has 2 rings (SSSR count). The summed E-state index contributed by atoms with van der Waals surface area (Å²) in [5.74, 6) is 0.590. The average Bonchev–Trinajstić information content (AvgIpc) is 2.66. The number of nitrogens with one attached hydrogen (secondary N) is 1. The number of carbonyl (C=O) groups excluding carboxylic acids is 1. The second-order valence-electron chi connectivity index (χ2n) is 3.64. The van der Waals surface area contributed by atoms with Gasteiger partial charge in [0.05, 0.1) is 6.20 Å². The molecular formula is C10H13N3O2. The van der Waals surface area contributed by atoms with Crippen LogP contribution in [0.2, 0.25) is 0 Å². The van der Waals surface area contributed by atoms with Crippen molar-refractivity contribution in [3.63, 3.8) is 0 Å². The van der Waals surface area contributed by atoms with Crippen LogP contribution in [0.3, 0.4) is 0 Å². The highest BCUT2D eigenvalue weighted by Crippen LogP contribution is 2.20. The van der Waals surface area contributed by atoms with Crippen LogP contribution in [0, 0.1) is 5.92 Å². The van der Waals surface area contributed by atoms with Gasteiger partial charge in [-0.15, -0.1) is 0 Å². The molecule has 0 unspecified atom stereocenters. The van der Waals surface area contributed by atoms with Gasteiger partial charge in [0.15, 0.2) is 5.82 Å². The lowest BCUT2D eigenvalue weighted by Crippen LogP contribution is -2.31. The lowest BCUT2D eigenvalue weighted by molar-refractivity contribution is -0.126. The third kappa shape index (κ3) is 2.30. The highest BCUT2D eigenvalue weighted by molar-refractivity contribution is 5.93. The van der Waals surface area contributed by atoms with Crippen LogP contribution >= 0.6 is 0 Å². The van der Waals surface area contributed by atoms with Crippen LogP contribution in [0.15, 0.2) is 18.6 Å². The van der Waals surface area contributed by atoms with Crippen molar-refractivity contribution in [2.45, 2.75) is 19.4 Å². The summed E-state index contributed by atoms with van der Waals surface area (Å²) in [4.78, 5) is 19.6. The third-order valence-corrected chi connectivity index (χ3v) is 2.46. The maximum atomic E-state index is 11.7. The Hall–Kier alpha value is -1.49. The fourth-order valence-corrected chi connectivity index (χ4v) is 1.59. The first kappa shape index (κ1) is 10.0. The zero-order chi connectivity index (χ0) is 10.7. The normalized spacial score (nSPS) is 25.1. The molecule has 0 saturated carbocycles. The van der Waals surface area contributed by atoms with Crippen molar-refractivity contribution in [2.75, 3.05) is 11.9 Å². The summed E-state index contributed by atoms with van der Waals surface area (Å²) in [5, 5.41) is 2.68. The third-order valence-electron chi connectivity index (χ3n) is 2.46. The molecule has 0 radical (unpaired) electrons. The van der Waals surface area contributed by atoms with E-state index in [2.05, 4.69) is 15.3 Å². The van der Waals surface area contributed by atoms with E-state index >= 15 is 0 Å². The second-order valence-corrected chi connectivity index (χ2v) is 3.64. The Bertz CT molecular complexity index is 342. The van der Waals surface area contributed by atoms with E-state index in [0.717, 1.165) is 6.42 Å². The summed E-state index contributed by atoms with van der Waals surface area (Å²) < 4.78 is 5.34. The molecule has 1 N–H and O–H groups in total. The fourth-order valence-electron chi connectivity index (χ4n) is 1.59. The zero-order valence-corrected chi connectivity index (χ0v) is 8.51. The molecule has 15 heavy (non-hydrogen) atoms. The molecule has 1 saturated heterocycles. The lowest BCUT2D eigenvalue weighted by Gasteiger charge is -2.13. The molecule has 2 heterocycles. The Morgan fingerprint density at radius 1 is 1.60 bits per heavy atom. The first-order valence-corrected chi connectivity index (χ1v) is 4.96. The van der Waals surface area contributed by atoms with Crippen molar-refractivity contribution in [1.82, 2.24) is 9.97 Å². The van der Waals surface area contributed by atoms with Crippen LogP contribution in [0.4, 0.5) is 5.82 Å². The fraction of sp³-hybridized carbons (Fsp3) is 0.500. The number of rotatable bonds is 2. The molecule has 80 valence electrons. The second kappa shape index (κ2) is 4.35. The smallest absolute Gasteiger partial charge is 0.254 e. The monoisotopic (exact) mass is 207 g/mol. The maximum Gasteiger partial charge on any atom is 0.254 e. The van der Waals surface area contributed by atoms with E-state index < -0.39 is 0 Å². The Morgan fingerprint density at radius 3 is 3.07 bits per heavy atom. The minimum Gasteiger partial charge on any atom is -0.368 e. The molecule has 1 aliphatic heterocycles. The highest BCUT2D eigenvalue weighted by atomic mass is 16.5. The minimum atomic E-state index is -0.355. The number of ether oxygens (including phenoxy) is 1. The maximum absolute atomic E-state index is 11.7. The van der Waals surface area contributed by atoms with E-state index in [4.69, 9.17) is 4.74 Å². The summed E-state index contributed by atoms with van der Waals surface area (Å²) in [6.45, 7) is 2.66. The molecule has 1 aliphatic rings. The largest absolute Gasteiger partial charge is 0.368 e. The molecule has 5 heteroatoms. The molecule has 0 aromatic carbocycles. The number of aromatic nitrogens is 2. The van der Waals surface area contributed by atoms with Gasteiger partial charge in [-0.2, -0.15) is 0 Å². The van der Waals surface area contributed by atoms with Crippen LogP contribution < -0.4 is 5.32 Å². The van der Waals surface area contributed by atoms with Crippen LogP contribution in [-0.2, 0) is 9.53 Å². The average molecular weight is 207 g/mol. The first-order chi connectivity index (χ1) is 7.27. The van der Waals surface area contributed by atoms with E-state index in [-0.39, 0.29) is 17.9 Å². The number of carbonyl (C=O) groups is 1. The van der Waals surface area contributed by atoms with E-state index in [1.807, 2.05) is 6.92 Å². The van der Waals surface area contributed by atoms with Gasteiger partial charge in [-0.3, -0.25) is 9.78 Å². The molecule has 5 nitrogen and oxygen atoms in total. The van der Waals surface area contributed by atoms with Crippen LogP contribution in [0.1, 0.15) is 13.3 Å².